The van der Waals surface area contributed by atoms with Gasteiger partial charge < -0.3 is 15.0 Å². The van der Waals surface area contributed by atoms with Gasteiger partial charge in [-0.3, -0.25) is 0 Å². The first kappa shape index (κ1) is 14.3. The summed E-state index contributed by atoms with van der Waals surface area (Å²) in [6.45, 7) is 3.15. The van der Waals surface area contributed by atoms with Crippen LogP contribution < -0.4 is 10.1 Å². The first-order chi connectivity index (χ1) is 10.3. The van der Waals surface area contributed by atoms with E-state index >= 15 is 0 Å². The Morgan fingerprint density at radius 1 is 1.33 bits per heavy atom. The Bertz CT molecular complexity index is 614. The largest absolute Gasteiger partial charge is 0.494 e. The van der Waals surface area contributed by atoms with Crippen LogP contribution in [-0.4, -0.2) is 43.2 Å². The summed E-state index contributed by atoms with van der Waals surface area (Å²) in [4.78, 5) is 7.14. The molecule has 4 heteroatoms. The fourth-order valence-electron chi connectivity index (χ4n) is 3.01. The van der Waals surface area contributed by atoms with E-state index in [1.54, 1.807) is 7.11 Å². The summed E-state index contributed by atoms with van der Waals surface area (Å²) >= 11 is 0. The molecule has 0 saturated carbocycles. The minimum Gasteiger partial charge on any atom is -0.494 e. The highest BCUT2D eigenvalue weighted by atomic mass is 16.5. The lowest BCUT2D eigenvalue weighted by Gasteiger charge is -2.30. The highest BCUT2D eigenvalue weighted by Gasteiger charge is 2.16. The van der Waals surface area contributed by atoms with Crippen LogP contribution in [0.25, 0.3) is 10.9 Å². The Kier molecular flexibility index (Phi) is 4.36. The molecule has 1 saturated heterocycles. The summed E-state index contributed by atoms with van der Waals surface area (Å²) in [5.41, 5.74) is 2.01. The number of para-hydroxylation sites is 1. The predicted octanol–water partition coefficient (Wildman–Crippen LogP) is 2.43. The van der Waals surface area contributed by atoms with E-state index < -0.39 is 0 Å². The molecule has 3 rings (SSSR count). The van der Waals surface area contributed by atoms with Gasteiger partial charge in [0.1, 0.15) is 11.3 Å². The van der Waals surface area contributed by atoms with Crippen LogP contribution in [0.2, 0.25) is 0 Å². The zero-order valence-corrected chi connectivity index (χ0v) is 12.8. The average molecular weight is 285 g/mol. The van der Waals surface area contributed by atoms with E-state index in [0.29, 0.717) is 6.04 Å². The molecule has 0 radical (unpaired) electrons. The van der Waals surface area contributed by atoms with E-state index in [-0.39, 0.29) is 0 Å². The van der Waals surface area contributed by atoms with Gasteiger partial charge in [-0.15, -0.1) is 0 Å². The third-order valence-corrected chi connectivity index (χ3v) is 4.16. The van der Waals surface area contributed by atoms with Gasteiger partial charge in [0.2, 0.25) is 0 Å². The summed E-state index contributed by atoms with van der Waals surface area (Å²) in [6.07, 6.45) is 2.52. The molecule has 1 aromatic heterocycles. The fraction of sp³-hybridized carbons (Fsp3) is 0.471. The lowest BCUT2D eigenvalue weighted by Crippen LogP contribution is -2.43. The Hall–Kier alpha value is -1.65. The van der Waals surface area contributed by atoms with Gasteiger partial charge in [0.15, 0.2) is 0 Å². The maximum absolute atomic E-state index is 5.40. The number of nitrogens with one attached hydrogen (secondary N) is 1. The molecule has 0 bridgehead atoms. The number of ether oxygens (including phenoxy) is 1. The first-order valence-electron chi connectivity index (χ1n) is 7.61. The molecule has 0 aliphatic carbocycles. The standard InChI is InChI=1S/C17H23N3O/c1-20-10-4-6-15(12-20)18-11-14-9-8-13-5-3-7-16(21-2)17(13)19-14/h3,5,7-9,15,18H,4,6,10-12H2,1-2H3. The first-order valence-corrected chi connectivity index (χ1v) is 7.61. The second-order valence-electron chi connectivity index (χ2n) is 5.82. The number of rotatable bonds is 4. The molecule has 1 aliphatic rings. The summed E-state index contributed by atoms with van der Waals surface area (Å²) in [5, 5.41) is 4.75. The summed E-state index contributed by atoms with van der Waals surface area (Å²) in [5.74, 6) is 0.840. The van der Waals surface area contributed by atoms with Gasteiger partial charge in [-0.1, -0.05) is 18.2 Å². The Morgan fingerprint density at radius 3 is 3.05 bits per heavy atom. The molecule has 2 heterocycles. The van der Waals surface area contributed by atoms with Gasteiger partial charge >= 0.3 is 0 Å². The minimum absolute atomic E-state index is 0.568. The van der Waals surface area contributed by atoms with Crippen LogP contribution in [0, 0.1) is 0 Å². The van der Waals surface area contributed by atoms with Crippen molar-refractivity contribution in [1.29, 1.82) is 0 Å². The third-order valence-electron chi connectivity index (χ3n) is 4.16. The lowest BCUT2D eigenvalue weighted by molar-refractivity contribution is 0.226. The van der Waals surface area contributed by atoms with Crippen LogP contribution in [0.1, 0.15) is 18.5 Å². The Morgan fingerprint density at radius 2 is 2.24 bits per heavy atom. The molecule has 1 fully saturated rings. The molecule has 1 aromatic carbocycles. The van der Waals surface area contributed by atoms with E-state index in [1.807, 2.05) is 12.1 Å². The molecular formula is C17H23N3O. The number of piperidine rings is 1. The second kappa shape index (κ2) is 6.41. The van der Waals surface area contributed by atoms with E-state index in [1.165, 1.54) is 19.4 Å². The number of likely N-dealkylation sites (tertiary alicyclic amines) is 1. The number of hydrogen-bond acceptors (Lipinski definition) is 4. The monoisotopic (exact) mass is 285 g/mol. The van der Waals surface area contributed by atoms with Crippen LogP contribution in [-0.2, 0) is 6.54 Å². The maximum Gasteiger partial charge on any atom is 0.145 e. The number of aromatic nitrogens is 1. The molecule has 0 spiro atoms. The van der Waals surface area contributed by atoms with Gasteiger partial charge in [-0.2, -0.15) is 0 Å². The molecule has 1 atom stereocenters. The quantitative estimate of drug-likeness (QED) is 0.936. The van der Waals surface area contributed by atoms with E-state index in [4.69, 9.17) is 9.72 Å². The molecule has 1 aliphatic heterocycles. The molecule has 21 heavy (non-hydrogen) atoms. The third kappa shape index (κ3) is 3.34. The SMILES string of the molecule is COc1cccc2ccc(CNC3CCCN(C)C3)nc12. The lowest BCUT2D eigenvalue weighted by atomic mass is 10.1. The molecule has 0 amide bonds. The van der Waals surface area contributed by atoms with Crippen molar-refractivity contribution in [2.75, 3.05) is 27.2 Å². The molecular weight excluding hydrogens is 262 g/mol. The van der Waals surface area contributed by atoms with Gasteiger partial charge in [0.05, 0.1) is 12.8 Å². The van der Waals surface area contributed by atoms with Crippen molar-refractivity contribution in [1.82, 2.24) is 15.2 Å². The normalized spacial score (nSPS) is 19.8. The molecule has 1 unspecified atom stereocenters. The topological polar surface area (TPSA) is 37.4 Å². The maximum atomic E-state index is 5.40. The number of likely N-dealkylation sites (N-methyl/N-ethyl adjacent to an activating group) is 1. The number of nitrogens with zero attached hydrogens (tertiary/aromatic N) is 2. The average Bonchev–Trinajstić information content (AvgIpc) is 2.52. The van der Waals surface area contributed by atoms with Crippen molar-refractivity contribution < 1.29 is 4.74 Å². The number of benzene rings is 1. The van der Waals surface area contributed by atoms with Crippen molar-refractivity contribution in [3.63, 3.8) is 0 Å². The molecule has 4 nitrogen and oxygen atoms in total. The zero-order valence-electron chi connectivity index (χ0n) is 12.8. The van der Waals surface area contributed by atoms with Gasteiger partial charge in [-0.25, -0.2) is 4.98 Å². The van der Waals surface area contributed by atoms with Crippen LogP contribution in [0.4, 0.5) is 0 Å². The van der Waals surface area contributed by atoms with Crippen LogP contribution in [0.5, 0.6) is 5.75 Å². The number of fused-ring (bicyclic) bond motifs is 1. The molecule has 112 valence electrons. The highest BCUT2D eigenvalue weighted by molar-refractivity contribution is 5.84. The summed E-state index contributed by atoms with van der Waals surface area (Å²) < 4.78 is 5.40. The van der Waals surface area contributed by atoms with Crippen molar-refractivity contribution in [2.24, 2.45) is 0 Å². The predicted molar refractivity (Wildman–Crippen MR) is 85.7 cm³/mol. The van der Waals surface area contributed by atoms with Crippen LogP contribution in [0.3, 0.4) is 0 Å². The number of hydrogen-bond donors (Lipinski definition) is 1. The van der Waals surface area contributed by atoms with Crippen LogP contribution in [0.15, 0.2) is 30.3 Å². The summed E-state index contributed by atoms with van der Waals surface area (Å²) in [6, 6.07) is 10.8. The Labute approximate surface area is 126 Å². The Balaban J connectivity index is 1.72. The van der Waals surface area contributed by atoms with Crippen molar-refractivity contribution in [3.05, 3.63) is 36.0 Å². The van der Waals surface area contributed by atoms with E-state index in [2.05, 4.69) is 35.5 Å². The second-order valence-corrected chi connectivity index (χ2v) is 5.82. The molecule has 2 aromatic rings. The van der Waals surface area contributed by atoms with E-state index in [0.717, 1.165) is 35.4 Å². The van der Waals surface area contributed by atoms with E-state index in [9.17, 15) is 0 Å². The minimum atomic E-state index is 0.568. The zero-order chi connectivity index (χ0) is 14.7. The van der Waals surface area contributed by atoms with Gasteiger partial charge in [0.25, 0.3) is 0 Å². The van der Waals surface area contributed by atoms with Gasteiger partial charge in [-0.05, 0) is 38.6 Å². The van der Waals surface area contributed by atoms with Crippen molar-refractivity contribution in [3.8, 4) is 5.75 Å². The number of methoxy groups -OCH3 is 1. The smallest absolute Gasteiger partial charge is 0.145 e. The summed E-state index contributed by atoms with van der Waals surface area (Å²) in [7, 11) is 3.88. The molecule has 1 N–H and O–H groups in total. The van der Waals surface area contributed by atoms with Crippen LogP contribution >= 0.6 is 0 Å². The van der Waals surface area contributed by atoms with Gasteiger partial charge in [0, 0.05) is 24.5 Å². The highest BCUT2D eigenvalue weighted by Crippen LogP contribution is 2.23. The van der Waals surface area contributed by atoms with Crippen molar-refractivity contribution >= 4 is 10.9 Å². The van der Waals surface area contributed by atoms with Crippen molar-refractivity contribution in [2.45, 2.75) is 25.4 Å². The number of pyridine rings is 1. The fourth-order valence-corrected chi connectivity index (χ4v) is 3.01.